The van der Waals surface area contributed by atoms with E-state index in [9.17, 15) is 14.0 Å². The number of halogens is 2. The van der Waals surface area contributed by atoms with Crippen molar-refractivity contribution in [3.05, 3.63) is 40.6 Å². The van der Waals surface area contributed by atoms with Gasteiger partial charge in [0.2, 0.25) is 0 Å². The first-order valence-electron chi connectivity index (χ1n) is 4.81. The van der Waals surface area contributed by atoms with Gasteiger partial charge in [-0.15, -0.1) is 0 Å². The van der Waals surface area contributed by atoms with Crippen molar-refractivity contribution in [1.82, 2.24) is 5.32 Å². The summed E-state index contributed by atoms with van der Waals surface area (Å²) in [7, 11) is 0. The highest BCUT2D eigenvalue weighted by Crippen LogP contribution is 2.14. The highest BCUT2D eigenvalue weighted by Gasteiger charge is 2.11. The van der Waals surface area contributed by atoms with E-state index in [-0.39, 0.29) is 12.2 Å². The van der Waals surface area contributed by atoms with E-state index in [1.54, 1.807) is 0 Å². The first-order valence-corrected chi connectivity index (χ1v) is 5.60. The third-order valence-corrected chi connectivity index (χ3v) is 2.18. The monoisotopic (exact) mass is 316 g/mol. The van der Waals surface area contributed by atoms with E-state index in [1.165, 1.54) is 6.07 Å². The van der Waals surface area contributed by atoms with Gasteiger partial charge in [-0.1, -0.05) is 22.5 Å². The van der Waals surface area contributed by atoms with Crippen LogP contribution in [0.5, 0.6) is 0 Å². The van der Waals surface area contributed by atoms with Gasteiger partial charge in [0.1, 0.15) is 5.82 Å². The molecule has 1 aromatic rings. The van der Waals surface area contributed by atoms with Gasteiger partial charge in [-0.2, -0.15) is 0 Å². The number of hydrogen-bond acceptors (Lipinski definition) is 2. The summed E-state index contributed by atoms with van der Waals surface area (Å²) in [6.45, 7) is 3.75. The molecule has 1 aromatic carbocycles. The third-order valence-electron chi connectivity index (χ3n) is 1.90. The van der Waals surface area contributed by atoms with Crippen LogP contribution in [-0.4, -0.2) is 23.7 Å². The number of hydrogen-bond donors (Lipinski definition) is 3. The zero-order valence-corrected chi connectivity index (χ0v) is 10.8. The maximum Gasteiger partial charge on any atom is 0.338 e. The fourth-order valence-corrected chi connectivity index (χ4v) is 1.26. The van der Waals surface area contributed by atoms with E-state index >= 15 is 0 Å². The Bertz CT molecular complexity index is 505. The van der Waals surface area contributed by atoms with Crippen molar-refractivity contribution in [2.45, 2.75) is 0 Å². The molecule has 0 saturated carbocycles. The van der Waals surface area contributed by atoms with Gasteiger partial charge >= 0.3 is 12.0 Å². The minimum absolute atomic E-state index is 0.187. The van der Waals surface area contributed by atoms with Gasteiger partial charge in [0.15, 0.2) is 0 Å². The van der Waals surface area contributed by atoms with Gasteiger partial charge in [0, 0.05) is 10.2 Å². The lowest BCUT2D eigenvalue weighted by Crippen LogP contribution is -2.29. The Morgan fingerprint density at radius 3 is 2.67 bits per heavy atom. The molecule has 0 atom stereocenters. The minimum atomic E-state index is -1.40. The lowest BCUT2D eigenvalue weighted by molar-refractivity contribution is 0.0692. The number of rotatable bonds is 4. The summed E-state index contributed by atoms with van der Waals surface area (Å²) in [5.74, 6) is -2.26. The average Bonchev–Trinajstić information content (AvgIpc) is 2.28. The number of carbonyl (C=O) groups excluding carboxylic acids is 1. The van der Waals surface area contributed by atoms with Gasteiger partial charge in [-0.05, 0) is 18.2 Å². The first-order chi connectivity index (χ1) is 8.40. The van der Waals surface area contributed by atoms with E-state index in [2.05, 4.69) is 33.1 Å². The van der Waals surface area contributed by atoms with Crippen LogP contribution in [0.25, 0.3) is 0 Å². The van der Waals surface area contributed by atoms with E-state index in [1.807, 2.05) is 0 Å². The van der Waals surface area contributed by atoms with Gasteiger partial charge in [-0.3, -0.25) is 0 Å². The highest BCUT2D eigenvalue weighted by molar-refractivity contribution is 9.11. The van der Waals surface area contributed by atoms with Crippen LogP contribution in [0, 0.1) is 5.82 Å². The Hall–Kier alpha value is -1.89. The van der Waals surface area contributed by atoms with Crippen LogP contribution >= 0.6 is 15.9 Å². The summed E-state index contributed by atoms with van der Waals surface area (Å²) in [5, 5.41) is 13.5. The number of carboxylic acids is 1. The largest absolute Gasteiger partial charge is 0.478 e. The van der Waals surface area contributed by atoms with Crippen LogP contribution in [-0.2, 0) is 0 Å². The molecule has 0 aliphatic rings. The molecule has 5 nitrogen and oxygen atoms in total. The Kier molecular flexibility index (Phi) is 4.85. The van der Waals surface area contributed by atoms with Gasteiger partial charge in [-0.25, -0.2) is 14.0 Å². The number of carboxylic acid groups (broad SMARTS) is 1. The molecule has 0 aromatic heterocycles. The molecule has 0 radical (unpaired) electrons. The van der Waals surface area contributed by atoms with E-state index < -0.39 is 23.4 Å². The molecule has 0 heterocycles. The summed E-state index contributed by atoms with van der Waals surface area (Å²) in [4.78, 5) is 22.0. The lowest BCUT2D eigenvalue weighted by atomic mass is 10.2. The van der Waals surface area contributed by atoms with Crippen LogP contribution in [0.3, 0.4) is 0 Å². The van der Waals surface area contributed by atoms with E-state index in [0.29, 0.717) is 4.48 Å². The lowest BCUT2D eigenvalue weighted by Gasteiger charge is -2.07. The van der Waals surface area contributed by atoms with Crippen LogP contribution in [0.15, 0.2) is 29.3 Å². The molecule has 0 bridgehead atoms. The molecule has 7 heteroatoms. The first kappa shape index (κ1) is 14.2. The van der Waals surface area contributed by atoms with Gasteiger partial charge in [0.25, 0.3) is 0 Å². The van der Waals surface area contributed by atoms with Crippen LogP contribution in [0.4, 0.5) is 14.9 Å². The maximum atomic E-state index is 13.1. The molecule has 2 amide bonds. The van der Waals surface area contributed by atoms with Crippen molar-refractivity contribution < 1.29 is 19.1 Å². The summed E-state index contributed by atoms with van der Waals surface area (Å²) < 4.78 is 13.7. The van der Waals surface area contributed by atoms with Crippen LogP contribution < -0.4 is 10.6 Å². The fourth-order valence-electron chi connectivity index (χ4n) is 1.12. The smallest absolute Gasteiger partial charge is 0.338 e. The minimum Gasteiger partial charge on any atom is -0.478 e. The van der Waals surface area contributed by atoms with Crippen LogP contribution in [0.2, 0.25) is 0 Å². The van der Waals surface area contributed by atoms with Gasteiger partial charge in [0.05, 0.1) is 12.1 Å². The third kappa shape index (κ3) is 4.17. The second-order valence-electron chi connectivity index (χ2n) is 3.32. The second-order valence-corrected chi connectivity index (χ2v) is 4.45. The Labute approximate surface area is 111 Å². The van der Waals surface area contributed by atoms with Crippen molar-refractivity contribution in [2.75, 3.05) is 11.9 Å². The van der Waals surface area contributed by atoms with Crippen LogP contribution in [0.1, 0.15) is 10.4 Å². The number of carbonyl (C=O) groups is 2. The zero-order valence-electron chi connectivity index (χ0n) is 9.17. The summed E-state index contributed by atoms with van der Waals surface area (Å²) >= 11 is 3.06. The molecule has 0 aliphatic heterocycles. The van der Waals surface area contributed by atoms with Crippen molar-refractivity contribution in [3.8, 4) is 0 Å². The molecule has 0 saturated heterocycles. The number of benzene rings is 1. The number of urea groups is 1. The van der Waals surface area contributed by atoms with E-state index in [4.69, 9.17) is 5.11 Å². The summed E-state index contributed by atoms with van der Waals surface area (Å²) in [6.07, 6.45) is 0. The predicted molar refractivity (Wildman–Crippen MR) is 68.4 cm³/mol. The van der Waals surface area contributed by atoms with Gasteiger partial charge < -0.3 is 15.7 Å². The summed E-state index contributed by atoms with van der Waals surface area (Å²) in [5.41, 5.74) is -0.316. The molecular weight excluding hydrogens is 307 g/mol. The Morgan fingerprint density at radius 1 is 1.44 bits per heavy atom. The SMILES string of the molecule is C=C(Br)CNC(=O)Nc1ccc(F)c(C(=O)O)c1. The van der Waals surface area contributed by atoms with Crippen molar-refractivity contribution in [3.63, 3.8) is 0 Å². The quantitative estimate of drug-likeness (QED) is 0.798. The maximum absolute atomic E-state index is 13.1. The predicted octanol–water partition coefficient (Wildman–Crippen LogP) is 2.55. The fraction of sp³-hybridized carbons (Fsp3) is 0.0909. The Morgan fingerprint density at radius 2 is 2.11 bits per heavy atom. The van der Waals surface area contributed by atoms with Crippen molar-refractivity contribution >= 4 is 33.6 Å². The average molecular weight is 317 g/mol. The molecular formula is C11H10BrFN2O3. The molecule has 96 valence electrons. The number of amides is 2. The highest BCUT2D eigenvalue weighted by atomic mass is 79.9. The number of nitrogens with one attached hydrogen (secondary N) is 2. The zero-order chi connectivity index (χ0) is 13.7. The standard InChI is InChI=1S/C11H10BrFN2O3/c1-6(12)5-14-11(18)15-7-2-3-9(13)8(4-7)10(16)17/h2-4H,1,5H2,(H,16,17)(H2,14,15,18). The molecule has 3 N–H and O–H groups in total. The molecule has 1 rings (SSSR count). The molecule has 0 unspecified atom stereocenters. The summed E-state index contributed by atoms with van der Waals surface area (Å²) in [6, 6.07) is 2.74. The van der Waals surface area contributed by atoms with Crippen molar-refractivity contribution in [1.29, 1.82) is 0 Å². The van der Waals surface area contributed by atoms with Crippen molar-refractivity contribution in [2.24, 2.45) is 0 Å². The second kappa shape index (κ2) is 6.15. The Balaban J connectivity index is 2.73. The van der Waals surface area contributed by atoms with E-state index in [0.717, 1.165) is 12.1 Å². The topological polar surface area (TPSA) is 78.4 Å². The number of aromatic carboxylic acids is 1. The molecule has 18 heavy (non-hydrogen) atoms. The molecule has 0 aliphatic carbocycles. The molecule has 0 fully saturated rings. The normalized spacial score (nSPS) is 9.67. The molecule has 0 spiro atoms. The number of anilines is 1.